The van der Waals surface area contributed by atoms with Gasteiger partial charge in [0, 0.05) is 25.2 Å². The normalized spacial score (nSPS) is 29.6. The average Bonchev–Trinajstić information content (AvgIpc) is 2.76. The van der Waals surface area contributed by atoms with Crippen molar-refractivity contribution >= 4 is 5.91 Å². The lowest BCUT2D eigenvalue weighted by molar-refractivity contribution is -0.136. The molecule has 1 atom stereocenters. The van der Waals surface area contributed by atoms with Gasteiger partial charge < -0.3 is 15.1 Å². The molecule has 1 amide bonds. The summed E-state index contributed by atoms with van der Waals surface area (Å²) in [6, 6.07) is 0. The number of carbonyl (C=O) groups excluding carboxylic acids is 1. The van der Waals surface area contributed by atoms with Gasteiger partial charge >= 0.3 is 0 Å². The Morgan fingerprint density at radius 1 is 1.29 bits per heavy atom. The van der Waals surface area contributed by atoms with E-state index in [4.69, 9.17) is 0 Å². The quantitative estimate of drug-likeness (QED) is 0.764. The molecule has 1 unspecified atom stereocenters. The van der Waals surface area contributed by atoms with Crippen LogP contribution in [0, 0.1) is 5.92 Å². The minimum Gasteiger partial charge on any atom is -0.342 e. The molecule has 0 aromatic carbocycles. The van der Waals surface area contributed by atoms with E-state index >= 15 is 0 Å². The predicted molar refractivity (Wildman–Crippen MR) is 68.9 cm³/mol. The highest BCUT2D eigenvalue weighted by Gasteiger charge is 2.34. The van der Waals surface area contributed by atoms with Crippen molar-refractivity contribution in [3.63, 3.8) is 0 Å². The van der Waals surface area contributed by atoms with Crippen molar-refractivity contribution in [2.75, 3.05) is 40.3 Å². The molecular weight excluding hydrogens is 214 g/mol. The van der Waals surface area contributed by atoms with Crippen LogP contribution in [-0.2, 0) is 4.79 Å². The lowest BCUT2D eigenvalue weighted by Crippen LogP contribution is -2.52. The van der Waals surface area contributed by atoms with Crippen molar-refractivity contribution in [2.24, 2.45) is 5.92 Å². The summed E-state index contributed by atoms with van der Waals surface area (Å²) in [6.07, 6.45) is 3.17. The molecule has 98 valence electrons. The van der Waals surface area contributed by atoms with Gasteiger partial charge in [-0.2, -0.15) is 0 Å². The third kappa shape index (κ3) is 2.80. The van der Waals surface area contributed by atoms with E-state index in [9.17, 15) is 4.79 Å². The first-order valence-corrected chi connectivity index (χ1v) is 6.70. The van der Waals surface area contributed by atoms with Crippen LogP contribution in [0.3, 0.4) is 0 Å². The van der Waals surface area contributed by atoms with E-state index in [-0.39, 0.29) is 11.5 Å². The second-order valence-corrected chi connectivity index (χ2v) is 5.88. The van der Waals surface area contributed by atoms with Crippen molar-refractivity contribution in [1.82, 2.24) is 15.1 Å². The number of likely N-dealkylation sites (tertiary alicyclic amines) is 2. The molecule has 0 aromatic rings. The van der Waals surface area contributed by atoms with Crippen LogP contribution in [0.15, 0.2) is 0 Å². The first-order chi connectivity index (χ1) is 8.04. The molecule has 0 bridgehead atoms. The average molecular weight is 239 g/mol. The Kier molecular flexibility index (Phi) is 3.73. The number of hydrogen-bond donors (Lipinski definition) is 1. The van der Waals surface area contributed by atoms with E-state index in [1.807, 2.05) is 7.05 Å². The summed E-state index contributed by atoms with van der Waals surface area (Å²) in [5, 5.41) is 3.37. The van der Waals surface area contributed by atoms with Crippen LogP contribution in [0.5, 0.6) is 0 Å². The minimum atomic E-state index is 0.225. The summed E-state index contributed by atoms with van der Waals surface area (Å²) >= 11 is 0. The van der Waals surface area contributed by atoms with E-state index in [0.717, 1.165) is 45.4 Å². The zero-order chi connectivity index (χ0) is 12.5. The number of carbonyl (C=O) groups is 1. The Morgan fingerprint density at radius 3 is 2.41 bits per heavy atom. The van der Waals surface area contributed by atoms with Crippen molar-refractivity contribution in [1.29, 1.82) is 0 Å². The molecule has 2 aliphatic heterocycles. The van der Waals surface area contributed by atoms with E-state index in [2.05, 4.69) is 29.1 Å². The summed E-state index contributed by atoms with van der Waals surface area (Å²) < 4.78 is 0. The van der Waals surface area contributed by atoms with Gasteiger partial charge in [0.25, 0.3) is 0 Å². The van der Waals surface area contributed by atoms with Gasteiger partial charge in [-0.15, -0.1) is 0 Å². The largest absolute Gasteiger partial charge is 0.342 e. The van der Waals surface area contributed by atoms with Crippen LogP contribution in [0.1, 0.15) is 26.2 Å². The first kappa shape index (κ1) is 12.8. The van der Waals surface area contributed by atoms with Gasteiger partial charge in [-0.1, -0.05) is 0 Å². The molecular formula is C13H25N3O. The van der Waals surface area contributed by atoms with E-state index in [1.165, 1.54) is 0 Å². The lowest BCUT2D eigenvalue weighted by atomic mass is 9.89. The van der Waals surface area contributed by atoms with Crippen molar-refractivity contribution in [3.8, 4) is 0 Å². The second-order valence-electron chi connectivity index (χ2n) is 5.88. The number of piperidine rings is 1. The molecule has 0 spiro atoms. The van der Waals surface area contributed by atoms with Crippen LogP contribution >= 0.6 is 0 Å². The fourth-order valence-corrected chi connectivity index (χ4v) is 2.87. The smallest absolute Gasteiger partial charge is 0.227 e. The minimum absolute atomic E-state index is 0.225. The summed E-state index contributed by atoms with van der Waals surface area (Å²) in [4.78, 5) is 16.7. The first-order valence-electron chi connectivity index (χ1n) is 6.70. The number of amides is 1. The highest BCUT2D eigenvalue weighted by molar-refractivity contribution is 5.79. The second kappa shape index (κ2) is 4.94. The predicted octanol–water partition coefficient (Wildman–Crippen LogP) is 0.539. The summed E-state index contributed by atoms with van der Waals surface area (Å²) in [6.45, 7) is 6.09. The van der Waals surface area contributed by atoms with Gasteiger partial charge in [0.2, 0.25) is 5.91 Å². The van der Waals surface area contributed by atoms with Crippen LogP contribution in [0.25, 0.3) is 0 Å². The molecule has 0 aliphatic carbocycles. The Hall–Kier alpha value is -0.610. The van der Waals surface area contributed by atoms with Gasteiger partial charge in [-0.25, -0.2) is 0 Å². The molecule has 17 heavy (non-hydrogen) atoms. The Bertz CT molecular complexity index is 284. The van der Waals surface area contributed by atoms with Gasteiger partial charge in [0.15, 0.2) is 0 Å². The van der Waals surface area contributed by atoms with Crippen LogP contribution in [0.2, 0.25) is 0 Å². The van der Waals surface area contributed by atoms with Crippen molar-refractivity contribution < 1.29 is 4.79 Å². The third-order valence-corrected chi connectivity index (χ3v) is 4.52. The van der Waals surface area contributed by atoms with Crippen molar-refractivity contribution in [2.45, 2.75) is 31.7 Å². The Balaban J connectivity index is 1.86. The van der Waals surface area contributed by atoms with Crippen LogP contribution < -0.4 is 5.32 Å². The Labute approximate surface area is 104 Å². The molecule has 2 fully saturated rings. The third-order valence-electron chi connectivity index (χ3n) is 4.52. The van der Waals surface area contributed by atoms with Crippen molar-refractivity contribution in [3.05, 3.63) is 0 Å². The molecule has 0 aromatic heterocycles. The van der Waals surface area contributed by atoms with E-state index in [0.29, 0.717) is 5.91 Å². The number of nitrogens with one attached hydrogen (secondary N) is 1. The number of hydrogen-bond acceptors (Lipinski definition) is 3. The van der Waals surface area contributed by atoms with E-state index in [1.54, 1.807) is 0 Å². The maximum atomic E-state index is 12.3. The van der Waals surface area contributed by atoms with Gasteiger partial charge in [0.1, 0.15) is 0 Å². The number of rotatable bonds is 2. The molecule has 2 saturated heterocycles. The van der Waals surface area contributed by atoms with E-state index < -0.39 is 0 Å². The van der Waals surface area contributed by atoms with Gasteiger partial charge in [-0.05, 0) is 46.8 Å². The zero-order valence-electron chi connectivity index (χ0n) is 11.3. The summed E-state index contributed by atoms with van der Waals surface area (Å²) in [7, 11) is 4.12. The fourth-order valence-electron chi connectivity index (χ4n) is 2.87. The van der Waals surface area contributed by atoms with Crippen LogP contribution in [0.4, 0.5) is 0 Å². The molecule has 2 aliphatic rings. The maximum absolute atomic E-state index is 12.3. The molecule has 0 radical (unpaired) electrons. The maximum Gasteiger partial charge on any atom is 0.227 e. The summed E-state index contributed by atoms with van der Waals surface area (Å²) in [5.41, 5.74) is 0.225. The SMILES string of the molecule is CNC1(C)CCN(C(=O)C2CCN(C)C2)CC1. The molecule has 2 rings (SSSR count). The highest BCUT2D eigenvalue weighted by atomic mass is 16.2. The Morgan fingerprint density at radius 2 is 1.94 bits per heavy atom. The molecule has 2 heterocycles. The fraction of sp³-hybridized carbons (Fsp3) is 0.923. The monoisotopic (exact) mass is 239 g/mol. The van der Waals surface area contributed by atoms with Gasteiger partial charge in [0.05, 0.1) is 5.92 Å². The zero-order valence-corrected chi connectivity index (χ0v) is 11.3. The topological polar surface area (TPSA) is 35.6 Å². The van der Waals surface area contributed by atoms with Gasteiger partial charge in [-0.3, -0.25) is 4.79 Å². The molecule has 4 heteroatoms. The number of nitrogens with zero attached hydrogens (tertiary/aromatic N) is 2. The van der Waals surface area contributed by atoms with Crippen LogP contribution in [-0.4, -0.2) is 61.5 Å². The highest BCUT2D eigenvalue weighted by Crippen LogP contribution is 2.24. The summed E-state index contributed by atoms with van der Waals surface area (Å²) in [5.74, 6) is 0.631. The molecule has 0 saturated carbocycles. The molecule has 1 N–H and O–H groups in total. The molecule has 4 nitrogen and oxygen atoms in total. The standard InChI is InChI=1S/C13H25N3O/c1-13(14-2)5-8-16(9-6-13)12(17)11-4-7-15(3)10-11/h11,14H,4-10H2,1-3H3. The lowest BCUT2D eigenvalue weighted by Gasteiger charge is -2.40.